The van der Waals surface area contributed by atoms with Crippen molar-refractivity contribution in [3.8, 4) is 5.75 Å². The number of rotatable bonds is 14. The summed E-state index contributed by atoms with van der Waals surface area (Å²) < 4.78 is 10.9. The molecule has 0 fully saturated rings. The van der Waals surface area contributed by atoms with Crippen molar-refractivity contribution in [1.29, 1.82) is 0 Å². The van der Waals surface area contributed by atoms with E-state index in [1.54, 1.807) is 6.92 Å². The molecule has 1 unspecified atom stereocenters. The number of ether oxygens (including phenoxy) is 2. The predicted octanol–water partition coefficient (Wildman–Crippen LogP) is 4.76. The Morgan fingerprint density at radius 3 is 2.22 bits per heavy atom. The lowest BCUT2D eigenvalue weighted by atomic mass is 10.0. The summed E-state index contributed by atoms with van der Waals surface area (Å²) in [6, 6.07) is 8.38. The van der Waals surface area contributed by atoms with E-state index in [1.165, 1.54) is 50.5 Å². The van der Waals surface area contributed by atoms with E-state index < -0.39 is 6.10 Å². The molecule has 0 saturated heterocycles. The summed E-state index contributed by atoms with van der Waals surface area (Å²) >= 11 is 0. The highest BCUT2D eigenvalue weighted by atomic mass is 16.5. The molecule has 0 spiro atoms. The number of unbranched alkanes of at least 4 members (excludes halogenated alkanes) is 6. The number of hydrogen-bond donors (Lipinski definition) is 1. The first-order valence-electron chi connectivity index (χ1n) is 9.20. The molecule has 0 saturated carbocycles. The van der Waals surface area contributed by atoms with Crippen molar-refractivity contribution in [3.05, 3.63) is 29.8 Å². The maximum absolute atomic E-state index is 9.08. The first kappa shape index (κ1) is 20.0. The zero-order valence-corrected chi connectivity index (χ0v) is 14.9. The van der Waals surface area contributed by atoms with E-state index in [-0.39, 0.29) is 0 Å². The van der Waals surface area contributed by atoms with Crippen LogP contribution in [-0.2, 0) is 11.2 Å². The van der Waals surface area contributed by atoms with Crippen molar-refractivity contribution < 1.29 is 14.6 Å². The Labute approximate surface area is 142 Å². The SMILES string of the molecule is CCCCCCCCCc1ccc(OCCOCC(C)O)cc1. The molecular formula is C20H34O3. The largest absolute Gasteiger partial charge is 0.491 e. The van der Waals surface area contributed by atoms with E-state index in [9.17, 15) is 0 Å². The monoisotopic (exact) mass is 322 g/mol. The second-order valence-corrected chi connectivity index (χ2v) is 6.29. The second-order valence-electron chi connectivity index (χ2n) is 6.29. The molecule has 0 aliphatic rings. The fourth-order valence-electron chi connectivity index (χ4n) is 2.51. The summed E-state index contributed by atoms with van der Waals surface area (Å²) in [5.74, 6) is 0.883. The van der Waals surface area contributed by atoms with E-state index in [2.05, 4.69) is 19.1 Å². The number of aryl methyl sites for hydroxylation is 1. The molecule has 0 radical (unpaired) electrons. The first-order chi connectivity index (χ1) is 11.2. The van der Waals surface area contributed by atoms with Gasteiger partial charge in [-0.2, -0.15) is 0 Å². The van der Waals surface area contributed by atoms with Gasteiger partial charge in [0.25, 0.3) is 0 Å². The van der Waals surface area contributed by atoms with E-state index >= 15 is 0 Å². The van der Waals surface area contributed by atoms with E-state index in [0.717, 1.165) is 12.2 Å². The Bertz CT molecular complexity index is 373. The van der Waals surface area contributed by atoms with E-state index in [1.807, 2.05) is 12.1 Å². The minimum atomic E-state index is -0.416. The van der Waals surface area contributed by atoms with Crippen LogP contribution in [0.3, 0.4) is 0 Å². The Morgan fingerprint density at radius 1 is 0.913 bits per heavy atom. The summed E-state index contributed by atoms with van der Waals surface area (Å²) in [5.41, 5.74) is 1.39. The standard InChI is InChI=1S/C20H34O3/c1-3-4-5-6-7-8-9-10-19-11-13-20(14-12-19)23-16-15-22-17-18(2)21/h11-14,18,21H,3-10,15-17H2,1-2H3. The van der Waals surface area contributed by atoms with Gasteiger partial charge in [0.05, 0.1) is 19.3 Å². The third kappa shape index (κ3) is 11.2. The van der Waals surface area contributed by atoms with E-state index in [0.29, 0.717) is 19.8 Å². The molecular weight excluding hydrogens is 288 g/mol. The van der Waals surface area contributed by atoms with Crippen molar-refractivity contribution in [2.75, 3.05) is 19.8 Å². The van der Waals surface area contributed by atoms with Crippen molar-refractivity contribution in [1.82, 2.24) is 0 Å². The summed E-state index contributed by atoms with van der Waals surface area (Å²) in [6.07, 6.45) is 10.2. The lowest BCUT2D eigenvalue weighted by Crippen LogP contribution is -2.14. The maximum Gasteiger partial charge on any atom is 0.119 e. The van der Waals surface area contributed by atoms with Crippen LogP contribution >= 0.6 is 0 Å². The molecule has 1 atom stereocenters. The molecule has 0 bridgehead atoms. The topological polar surface area (TPSA) is 38.7 Å². The van der Waals surface area contributed by atoms with Gasteiger partial charge in [0.1, 0.15) is 12.4 Å². The molecule has 1 N–H and O–H groups in total. The zero-order chi connectivity index (χ0) is 16.8. The van der Waals surface area contributed by atoms with Gasteiger partial charge in [-0.1, -0.05) is 57.6 Å². The van der Waals surface area contributed by atoms with Crippen molar-refractivity contribution in [2.45, 2.75) is 71.3 Å². The van der Waals surface area contributed by atoms with Crippen LogP contribution in [0.25, 0.3) is 0 Å². The smallest absolute Gasteiger partial charge is 0.119 e. The van der Waals surface area contributed by atoms with Gasteiger partial charge in [0.15, 0.2) is 0 Å². The molecule has 0 heterocycles. The molecule has 1 rings (SSSR count). The van der Waals surface area contributed by atoms with Gasteiger partial charge < -0.3 is 14.6 Å². The van der Waals surface area contributed by atoms with Gasteiger partial charge in [0, 0.05) is 0 Å². The second kappa shape index (κ2) is 13.4. The number of benzene rings is 1. The molecule has 0 aliphatic carbocycles. The van der Waals surface area contributed by atoms with Gasteiger partial charge in [0.2, 0.25) is 0 Å². The average Bonchev–Trinajstić information content (AvgIpc) is 2.55. The molecule has 1 aromatic carbocycles. The highest BCUT2D eigenvalue weighted by molar-refractivity contribution is 5.27. The van der Waals surface area contributed by atoms with Gasteiger partial charge in [-0.05, 0) is 37.5 Å². The summed E-state index contributed by atoms with van der Waals surface area (Å²) in [6.45, 7) is 5.36. The van der Waals surface area contributed by atoms with Gasteiger partial charge in [-0.15, -0.1) is 0 Å². The molecule has 132 valence electrons. The normalized spacial score (nSPS) is 12.3. The summed E-state index contributed by atoms with van der Waals surface area (Å²) in [7, 11) is 0. The maximum atomic E-state index is 9.08. The van der Waals surface area contributed by atoms with Gasteiger partial charge in [-0.3, -0.25) is 0 Å². The highest BCUT2D eigenvalue weighted by Crippen LogP contribution is 2.15. The zero-order valence-electron chi connectivity index (χ0n) is 14.9. The minimum absolute atomic E-state index is 0.362. The summed E-state index contributed by atoms with van der Waals surface area (Å²) in [4.78, 5) is 0. The van der Waals surface area contributed by atoms with Crippen LogP contribution in [0.5, 0.6) is 5.75 Å². The average molecular weight is 322 g/mol. The lowest BCUT2D eigenvalue weighted by molar-refractivity contribution is 0.0329. The highest BCUT2D eigenvalue weighted by Gasteiger charge is 1.98. The molecule has 0 aromatic heterocycles. The predicted molar refractivity (Wildman–Crippen MR) is 96.1 cm³/mol. The Kier molecular flexibility index (Phi) is 11.6. The molecule has 3 nitrogen and oxygen atoms in total. The third-order valence-corrected chi connectivity index (χ3v) is 3.85. The Balaban J connectivity index is 2.06. The number of hydrogen-bond acceptors (Lipinski definition) is 3. The van der Waals surface area contributed by atoms with Crippen LogP contribution in [0.4, 0.5) is 0 Å². The van der Waals surface area contributed by atoms with Crippen LogP contribution in [0, 0.1) is 0 Å². The number of aliphatic hydroxyl groups is 1. The first-order valence-corrected chi connectivity index (χ1v) is 9.20. The van der Waals surface area contributed by atoms with Crippen LogP contribution in [0.15, 0.2) is 24.3 Å². The minimum Gasteiger partial charge on any atom is -0.491 e. The molecule has 0 aliphatic heterocycles. The lowest BCUT2D eigenvalue weighted by Gasteiger charge is -2.09. The van der Waals surface area contributed by atoms with Crippen LogP contribution in [0.2, 0.25) is 0 Å². The number of aliphatic hydroxyl groups excluding tert-OH is 1. The fraction of sp³-hybridized carbons (Fsp3) is 0.700. The van der Waals surface area contributed by atoms with Crippen molar-refractivity contribution in [2.24, 2.45) is 0 Å². The van der Waals surface area contributed by atoms with Gasteiger partial charge in [-0.25, -0.2) is 0 Å². The Morgan fingerprint density at radius 2 is 1.57 bits per heavy atom. The van der Waals surface area contributed by atoms with Crippen LogP contribution < -0.4 is 4.74 Å². The van der Waals surface area contributed by atoms with Crippen molar-refractivity contribution in [3.63, 3.8) is 0 Å². The molecule has 1 aromatic rings. The van der Waals surface area contributed by atoms with Gasteiger partial charge >= 0.3 is 0 Å². The molecule has 0 amide bonds. The Hall–Kier alpha value is -1.06. The quantitative estimate of drug-likeness (QED) is 0.502. The fourth-order valence-corrected chi connectivity index (χ4v) is 2.51. The summed E-state index contributed by atoms with van der Waals surface area (Å²) in [5, 5.41) is 9.08. The van der Waals surface area contributed by atoms with Crippen LogP contribution in [-0.4, -0.2) is 31.0 Å². The molecule has 3 heteroatoms. The van der Waals surface area contributed by atoms with Crippen molar-refractivity contribution >= 4 is 0 Å². The molecule has 23 heavy (non-hydrogen) atoms. The van der Waals surface area contributed by atoms with E-state index in [4.69, 9.17) is 14.6 Å². The third-order valence-electron chi connectivity index (χ3n) is 3.85. The van der Waals surface area contributed by atoms with Crippen LogP contribution in [0.1, 0.15) is 64.4 Å².